The summed E-state index contributed by atoms with van der Waals surface area (Å²) in [6.45, 7) is 2.96. The predicted octanol–water partition coefficient (Wildman–Crippen LogP) is 4.01. The van der Waals surface area contributed by atoms with E-state index in [0.29, 0.717) is 10.8 Å². The van der Waals surface area contributed by atoms with Gasteiger partial charge in [0.1, 0.15) is 10.7 Å². The molecule has 3 rings (SSSR count). The zero-order chi connectivity index (χ0) is 19.6. The zero-order valence-corrected chi connectivity index (χ0v) is 16.0. The van der Waals surface area contributed by atoms with E-state index in [1.54, 1.807) is 0 Å². The number of Topliss-reactive ketones (excluding diaryl/α,β-unsaturated/α-hetero) is 1. The molecule has 1 atom stereocenters. The summed E-state index contributed by atoms with van der Waals surface area (Å²) in [6, 6.07) is 5.59. The Balaban J connectivity index is 1.62. The Morgan fingerprint density at radius 3 is 2.78 bits per heavy atom. The van der Waals surface area contributed by atoms with Gasteiger partial charge in [-0.3, -0.25) is 9.59 Å². The number of hydrogen-bond acceptors (Lipinski definition) is 5. The van der Waals surface area contributed by atoms with Gasteiger partial charge < -0.3 is 10.1 Å². The van der Waals surface area contributed by atoms with Gasteiger partial charge in [-0.2, -0.15) is 0 Å². The SMILES string of the molecule is CC(=O)Nc1ccc(C(=O)COC(=O)c2cc3c(s2)CCC(C)C3)c(F)c1. The van der Waals surface area contributed by atoms with Gasteiger partial charge in [-0.15, -0.1) is 11.3 Å². The van der Waals surface area contributed by atoms with Crippen LogP contribution in [0, 0.1) is 11.7 Å². The van der Waals surface area contributed by atoms with Crippen LogP contribution in [0.15, 0.2) is 24.3 Å². The molecule has 27 heavy (non-hydrogen) atoms. The third-order valence-electron chi connectivity index (χ3n) is 4.45. The third-order valence-corrected chi connectivity index (χ3v) is 5.67. The fourth-order valence-electron chi connectivity index (χ4n) is 3.11. The lowest BCUT2D eigenvalue weighted by Gasteiger charge is -2.16. The summed E-state index contributed by atoms with van der Waals surface area (Å²) in [6.07, 6.45) is 3.01. The molecule has 142 valence electrons. The number of ketones is 1. The number of carbonyl (C=O) groups excluding carboxylic acids is 3. The number of rotatable bonds is 5. The van der Waals surface area contributed by atoms with Gasteiger partial charge in [0, 0.05) is 17.5 Å². The number of nitrogens with one attached hydrogen (secondary N) is 1. The van der Waals surface area contributed by atoms with Crippen LogP contribution in [0.1, 0.15) is 50.7 Å². The molecule has 1 amide bonds. The summed E-state index contributed by atoms with van der Waals surface area (Å²) in [7, 11) is 0. The van der Waals surface area contributed by atoms with E-state index in [1.807, 2.05) is 6.07 Å². The van der Waals surface area contributed by atoms with Gasteiger partial charge in [-0.05, 0) is 55.0 Å². The first-order valence-electron chi connectivity index (χ1n) is 8.72. The van der Waals surface area contributed by atoms with Crippen molar-refractivity contribution in [1.29, 1.82) is 0 Å². The number of amides is 1. The minimum absolute atomic E-state index is 0.184. The van der Waals surface area contributed by atoms with E-state index in [4.69, 9.17) is 4.74 Å². The van der Waals surface area contributed by atoms with Crippen molar-refractivity contribution < 1.29 is 23.5 Å². The summed E-state index contributed by atoms with van der Waals surface area (Å²) in [4.78, 5) is 37.1. The molecule has 0 spiro atoms. The second-order valence-electron chi connectivity index (χ2n) is 6.78. The molecule has 0 bridgehead atoms. The Hall–Kier alpha value is -2.54. The van der Waals surface area contributed by atoms with Gasteiger partial charge >= 0.3 is 5.97 Å². The molecule has 0 saturated carbocycles. The number of fused-ring (bicyclic) bond motifs is 1. The van der Waals surface area contributed by atoms with Crippen molar-refractivity contribution in [3.63, 3.8) is 0 Å². The first-order chi connectivity index (χ1) is 12.8. The van der Waals surface area contributed by atoms with Crippen LogP contribution in [0.5, 0.6) is 0 Å². The van der Waals surface area contributed by atoms with E-state index in [1.165, 1.54) is 40.8 Å². The maximum atomic E-state index is 14.1. The standard InChI is InChI=1S/C20H20FNO4S/c1-11-3-6-18-13(7-11)8-19(27-18)20(25)26-10-17(24)15-5-4-14(9-16(15)21)22-12(2)23/h4-5,8-9,11H,3,6-7,10H2,1-2H3,(H,22,23). The first-order valence-corrected chi connectivity index (χ1v) is 9.54. The van der Waals surface area contributed by atoms with E-state index >= 15 is 0 Å². The number of halogens is 1. The van der Waals surface area contributed by atoms with Crippen molar-refractivity contribution in [1.82, 2.24) is 0 Å². The maximum Gasteiger partial charge on any atom is 0.348 e. The molecule has 0 radical (unpaired) electrons. The fourth-order valence-corrected chi connectivity index (χ4v) is 4.21. The van der Waals surface area contributed by atoms with Crippen LogP contribution in [-0.4, -0.2) is 24.3 Å². The van der Waals surface area contributed by atoms with Crippen LogP contribution >= 0.6 is 11.3 Å². The van der Waals surface area contributed by atoms with Crippen molar-refractivity contribution >= 4 is 34.7 Å². The minimum atomic E-state index is -0.775. The first kappa shape index (κ1) is 19.2. The monoisotopic (exact) mass is 389 g/mol. The predicted molar refractivity (Wildman–Crippen MR) is 101 cm³/mol. The van der Waals surface area contributed by atoms with Crippen LogP contribution in [0.25, 0.3) is 0 Å². The van der Waals surface area contributed by atoms with Gasteiger partial charge in [-0.25, -0.2) is 9.18 Å². The van der Waals surface area contributed by atoms with Gasteiger partial charge in [0.2, 0.25) is 11.7 Å². The number of ether oxygens (including phenoxy) is 1. The number of aryl methyl sites for hydroxylation is 1. The molecule has 7 heteroatoms. The summed E-state index contributed by atoms with van der Waals surface area (Å²) < 4.78 is 19.2. The Morgan fingerprint density at radius 1 is 1.30 bits per heavy atom. The van der Waals surface area contributed by atoms with Crippen LogP contribution in [0.2, 0.25) is 0 Å². The van der Waals surface area contributed by atoms with Crippen LogP contribution in [0.3, 0.4) is 0 Å². The molecule has 0 fully saturated rings. The highest BCUT2D eigenvalue weighted by Crippen LogP contribution is 2.32. The van der Waals surface area contributed by atoms with E-state index in [0.717, 1.165) is 25.3 Å². The number of carbonyl (C=O) groups is 3. The molecule has 1 aromatic carbocycles. The molecular weight excluding hydrogens is 369 g/mol. The molecule has 5 nitrogen and oxygen atoms in total. The number of esters is 1. The lowest BCUT2D eigenvalue weighted by atomic mass is 9.90. The number of anilines is 1. The quantitative estimate of drug-likeness (QED) is 0.619. The van der Waals surface area contributed by atoms with Gasteiger partial charge in [-0.1, -0.05) is 6.92 Å². The average molecular weight is 389 g/mol. The van der Waals surface area contributed by atoms with Crippen LogP contribution in [0.4, 0.5) is 10.1 Å². The molecule has 0 aliphatic heterocycles. The molecule has 1 heterocycles. The van der Waals surface area contributed by atoms with Crippen LogP contribution < -0.4 is 5.32 Å². The van der Waals surface area contributed by atoms with Crippen molar-refractivity contribution in [2.24, 2.45) is 5.92 Å². The zero-order valence-electron chi connectivity index (χ0n) is 15.1. The second-order valence-corrected chi connectivity index (χ2v) is 7.92. The van der Waals surface area contributed by atoms with Crippen molar-refractivity contribution in [2.75, 3.05) is 11.9 Å². The highest BCUT2D eigenvalue weighted by molar-refractivity contribution is 7.14. The number of thiophene rings is 1. The Labute approximate surface area is 160 Å². The van der Waals surface area contributed by atoms with Gasteiger partial charge in [0.25, 0.3) is 0 Å². The molecule has 1 aliphatic carbocycles. The highest BCUT2D eigenvalue weighted by atomic mass is 32.1. The number of hydrogen-bond donors (Lipinski definition) is 1. The minimum Gasteiger partial charge on any atom is -0.453 e. The van der Waals surface area contributed by atoms with E-state index in [9.17, 15) is 18.8 Å². The Morgan fingerprint density at radius 2 is 2.07 bits per heavy atom. The normalized spacial score (nSPS) is 15.7. The average Bonchev–Trinajstić information content (AvgIpc) is 3.02. The lowest BCUT2D eigenvalue weighted by molar-refractivity contribution is -0.114. The summed E-state index contributed by atoms with van der Waals surface area (Å²) in [5, 5.41) is 2.44. The Kier molecular flexibility index (Phi) is 5.70. The Bertz CT molecular complexity index is 905. The number of benzene rings is 1. The highest BCUT2D eigenvalue weighted by Gasteiger charge is 2.22. The third kappa shape index (κ3) is 4.60. The van der Waals surface area contributed by atoms with Gasteiger partial charge in [0.05, 0.1) is 5.56 Å². The summed E-state index contributed by atoms with van der Waals surface area (Å²) >= 11 is 1.40. The molecular formula is C20H20FNO4S. The maximum absolute atomic E-state index is 14.1. The smallest absolute Gasteiger partial charge is 0.348 e. The second kappa shape index (κ2) is 8.00. The van der Waals surface area contributed by atoms with Gasteiger partial charge in [0.15, 0.2) is 6.61 Å². The molecule has 0 saturated heterocycles. The summed E-state index contributed by atoms with van der Waals surface area (Å²) in [5.74, 6) is -1.71. The molecule has 2 aromatic rings. The summed E-state index contributed by atoms with van der Waals surface area (Å²) in [5.41, 5.74) is 1.25. The van der Waals surface area contributed by atoms with Crippen molar-refractivity contribution in [2.45, 2.75) is 33.1 Å². The molecule has 1 N–H and O–H groups in total. The van der Waals surface area contributed by atoms with E-state index in [2.05, 4.69) is 12.2 Å². The van der Waals surface area contributed by atoms with Crippen LogP contribution in [-0.2, 0) is 22.4 Å². The lowest BCUT2D eigenvalue weighted by Crippen LogP contribution is -2.15. The molecule has 1 unspecified atom stereocenters. The molecule has 1 aromatic heterocycles. The topological polar surface area (TPSA) is 72.5 Å². The van der Waals surface area contributed by atoms with Crippen molar-refractivity contribution in [3.8, 4) is 0 Å². The molecule has 1 aliphatic rings. The largest absolute Gasteiger partial charge is 0.453 e. The van der Waals surface area contributed by atoms with E-state index < -0.39 is 24.2 Å². The fraction of sp³-hybridized carbons (Fsp3) is 0.350. The van der Waals surface area contributed by atoms with E-state index in [-0.39, 0.29) is 17.2 Å². The van der Waals surface area contributed by atoms with Crippen molar-refractivity contribution in [3.05, 3.63) is 51.0 Å².